The number of nitrogens with one attached hydrogen (secondary N) is 2. The lowest BCUT2D eigenvalue weighted by Crippen LogP contribution is -2.22. The third kappa shape index (κ3) is 3.96. The smallest absolute Gasteiger partial charge is 0.278 e. The van der Waals surface area contributed by atoms with Crippen molar-refractivity contribution in [3.05, 3.63) is 86.8 Å². The fourth-order valence-electron chi connectivity index (χ4n) is 3.62. The van der Waals surface area contributed by atoms with E-state index in [1.54, 1.807) is 41.2 Å². The van der Waals surface area contributed by atoms with Crippen molar-refractivity contribution in [2.24, 2.45) is 0 Å². The number of amides is 1. The maximum absolute atomic E-state index is 14.6. The molecular weight excluding hydrogens is 439 g/mol. The Balaban J connectivity index is 2.08. The van der Waals surface area contributed by atoms with Gasteiger partial charge in [-0.25, -0.2) is 9.37 Å². The highest BCUT2D eigenvalue weighted by atomic mass is 35.5. The number of aryl methyl sites for hydroxylation is 1. The predicted octanol–water partition coefficient (Wildman–Crippen LogP) is 4.55. The highest BCUT2D eigenvalue weighted by Crippen LogP contribution is 2.35. The first-order chi connectivity index (χ1) is 14.9. The van der Waals surface area contributed by atoms with E-state index >= 15 is 0 Å². The zero-order valence-electron chi connectivity index (χ0n) is 16.7. The van der Waals surface area contributed by atoms with Gasteiger partial charge in [0, 0.05) is 40.7 Å². The van der Waals surface area contributed by atoms with E-state index in [9.17, 15) is 14.0 Å². The molecule has 0 aliphatic carbocycles. The summed E-state index contributed by atoms with van der Waals surface area (Å²) in [5.74, 6) is -0.815. The summed E-state index contributed by atoms with van der Waals surface area (Å²) in [4.78, 5) is 32.8. The quantitative estimate of drug-likeness (QED) is 0.432. The molecule has 3 aromatic heterocycles. The number of carbonyl (C=O) groups excluding carboxylic acids is 1. The zero-order valence-corrected chi connectivity index (χ0v) is 18.3. The lowest BCUT2D eigenvalue weighted by molar-refractivity contribution is 0.0977. The Hall–Kier alpha value is -3.10. The number of benzene rings is 1. The molecule has 2 N–H and O–H groups in total. The molecule has 0 fully saturated rings. The summed E-state index contributed by atoms with van der Waals surface area (Å²) in [6.45, 7) is 1.92. The largest absolute Gasteiger partial charge is 0.329 e. The molecule has 31 heavy (non-hydrogen) atoms. The minimum absolute atomic E-state index is 0.0561. The van der Waals surface area contributed by atoms with E-state index in [4.69, 9.17) is 11.6 Å². The number of hydrogen-bond donors (Lipinski definition) is 2. The summed E-state index contributed by atoms with van der Waals surface area (Å²) >= 11 is 7.33. The molecule has 0 unspecified atom stereocenters. The summed E-state index contributed by atoms with van der Waals surface area (Å²) in [5.41, 5.74) is 2.25. The van der Waals surface area contributed by atoms with Crippen LogP contribution in [0, 0.1) is 12.7 Å². The average Bonchev–Trinajstić information content (AvgIpc) is 3.04. The molecule has 0 aliphatic heterocycles. The highest BCUT2D eigenvalue weighted by molar-refractivity contribution is 7.97. The molecule has 1 aromatic carbocycles. The zero-order chi connectivity index (χ0) is 22.1. The average molecular weight is 457 g/mol. The van der Waals surface area contributed by atoms with Gasteiger partial charge < -0.3 is 9.55 Å². The molecule has 0 aliphatic rings. The van der Waals surface area contributed by atoms with Gasteiger partial charge in [0.15, 0.2) is 0 Å². The molecule has 0 bridgehead atoms. The Kier molecular flexibility index (Phi) is 5.84. The second kappa shape index (κ2) is 8.56. The van der Waals surface area contributed by atoms with Crippen molar-refractivity contribution in [2.45, 2.75) is 13.5 Å². The van der Waals surface area contributed by atoms with Crippen LogP contribution in [-0.2, 0) is 6.54 Å². The van der Waals surface area contributed by atoms with Crippen LogP contribution in [0.5, 0.6) is 0 Å². The van der Waals surface area contributed by atoms with E-state index in [2.05, 4.69) is 14.7 Å². The Bertz CT molecular complexity index is 1370. The van der Waals surface area contributed by atoms with E-state index in [1.807, 2.05) is 6.92 Å². The summed E-state index contributed by atoms with van der Waals surface area (Å²) in [5, 5.41) is 0.889. The third-order valence-corrected chi connectivity index (χ3v) is 5.49. The van der Waals surface area contributed by atoms with Crippen LogP contribution in [0.2, 0.25) is 5.02 Å². The molecule has 0 spiro atoms. The molecule has 4 rings (SSSR count). The first kappa shape index (κ1) is 21.1. The van der Waals surface area contributed by atoms with E-state index < -0.39 is 11.7 Å². The number of halogens is 2. The monoisotopic (exact) mass is 456 g/mol. The van der Waals surface area contributed by atoms with Gasteiger partial charge in [-0.15, -0.1) is 0 Å². The summed E-state index contributed by atoms with van der Waals surface area (Å²) in [6.07, 6.45) is 4.69. The first-order valence-corrected chi connectivity index (χ1v) is 10.9. The van der Waals surface area contributed by atoms with Crippen LogP contribution in [0.1, 0.15) is 21.6 Å². The minimum atomic E-state index is -0.423. The molecule has 0 atom stereocenters. The Labute approximate surface area is 186 Å². The predicted molar refractivity (Wildman–Crippen MR) is 122 cm³/mol. The Morgan fingerprint density at radius 1 is 1.32 bits per heavy atom. The molecule has 0 radical (unpaired) electrons. The lowest BCUT2D eigenvalue weighted by Gasteiger charge is -2.12. The number of pyridine rings is 2. The number of aromatic amines is 1. The minimum Gasteiger partial charge on any atom is -0.329 e. The van der Waals surface area contributed by atoms with Crippen LogP contribution in [0.3, 0.4) is 0 Å². The molecule has 6 nitrogen and oxygen atoms in total. The van der Waals surface area contributed by atoms with E-state index in [0.717, 1.165) is 17.5 Å². The number of fused-ring (bicyclic) bond motifs is 1. The van der Waals surface area contributed by atoms with Gasteiger partial charge in [0.25, 0.3) is 11.5 Å². The van der Waals surface area contributed by atoms with Gasteiger partial charge in [-0.3, -0.25) is 14.3 Å². The molecule has 9 heteroatoms. The van der Waals surface area contributed by atoms with Gasteiger partial charge in [0.2, 0.25) is 0 Å². The number of aromatic nitrogens is 3. The van der Waals surface area contributed by atoms with Crippen molar-refractivity contribution in [2.75, 3.05) is 6.26 Å². The number of H-pyrrole nitrogens is 1. The number of carbonyl (C=O) groups is 1. The SMILES string of the molecule is CSNC(=O)c1c(-c2ccc[nH]c2=O)c2cc(Cl)cnc2n1Cc1cc(C)ccc1F. The van der Waals surface area contributed by atoms with E-state index in [-0.39, 0.29) is 17.8 Å². The number of hydrogen-bond acceptors (Lipinski definition) is 4. The van der Waals surface area contributed by atoms with Crippen LogP contribution in [0.15, 0.2) is 53.6 Å². The van der Waals surface area contributed by atoms with Crippen molar-refractivity contribution in [1.29, 1.82) is 0 Å². The van der Waals surface area contributed by atoms with Crippen LogP contribution in [-0.4, -0.2) is 26.7 Å². The fourth-order valence-corrected chi connectivity index (χ4v) is 4.06. The number of nitrogens with zero attached hydrogens (tertiary/aromatic N) is 2. The number of rotatable bonds is 5. The van der Waals surface area contributed by atoms with Crippen molar-refractivity contribution < 1.29 is 9.18 Å². The van der Waals surface area contributed by atoms with Crippen molar-refractivity contribution in [3.63, 3.8) is 0 Å². The molecule has 0 saturated carbocycles. The molecular formula is C22H18ClFN4O2S. The van der Waals surface area contributed by atoms with Crippen LogP contribution in [0.25, 0.3) is 22.2 Å². The maximum Gasteiger partial charge on any atom is 0.278 e. The first-order valence-electron chi connectivity index (χ1n) is 9.35. The van der Waals surface area contributed by atoms with Gasteiger partial charge in [0.1, 0.15) is 17.2 Å². The molecule has 0 saturated heterocycles. The normalized spacial score (nSPS) is 11.1. The highest BCUT2D eigenvalue weighted by Gasteiger charge is 2.27. The molecule has 1 amide bonds. The van der Waals surface area contributed by atoms with Crippen LogP contribution < -0.4 is 10.3 Å². The van der Waals surface area contributed by atoms with Gasteiger partial charge >= 0.3 is 0 Å². The van der Waals surface area contributed by atoms with Gasteiger partial charge in [-0.2, -0.15) is 0 Å². The standard InChI is InChI=1S/C22H18ClFN4O2S/c1-12-5-6-17(24)13(8-12)11-28-19(22(30)27-31-2)18(15-4-3-7-25-21(15)29)16-9-14(23)10-26-20(16)28/h3-10H,11H2,1-2H3,(H,25,29)(H,27,30). The Morgan fingerprint density at radius 2 is 2.13 bits per heavy atom. The lowest BCUT2D eigenvalue weighted by atomic mass is 10.0. The van der Waals surface area contributed by atoms with Crippen molar-refractivity contribution in [1.82, 2.24) is 19.3 Å². The van der Waals surface area contributed by atoms with Gasteiger partial charge in [-0.1, -0.05) is 41.2 Å². The maximum atomic E-state index is 14.6. The topological polar surface area (TPSA) is 79.8 Å². The van der Waals surface area contributed by atoms with E-state index in [1.165, 1.54) is 18.5 Å². The van der Waals surface area contributed by atoms with Crippen LogP contribution in [0.4, 0.5) is 4.39 Å². The molecule has 4 aromatic rings. The Morgan fingerprint density at radius 3 is 2.87 bits per heavy atom. The van der Waals surface area contributed by atoms with E-state index in [0.29, 0.717) is 32.7 Å². The summed E-state index contributed by atoms with van der Waals surface area (Å²) < 4.78 is 18.9. The van der Waals surface area contributed by atoms with Gasteiger partial charge in [-0.05, 0) is 31.2 Å². The summed E-state index contributed by atoms with van der Waals surface area (Å²) in [6, 6.07) is 9.76. The molecule has 158 valence electrons. The third-order valence-electron chi connectivity index (χ3n) is 4.89. The van der Waals surface area contributed by atoms with Crippen molar-refractivity contribution >= 4 is 40.5 Å². The van der Waals surface area contributed by atoms with Crippen molar-refractivity contribution in [3.8, 4) is 11.1 Å². The van der Waals surface area contributed by atoms with Crippen LogP contribution >= 0.6 is 23.5 Å². The second-order valence-corrected chi connectivity index (χ2v) is 8.03. The van der Waals surface area contributed by atoms with Gasteiger partial charge in [0.05, 0.1) is 11.6 Å². The molecule has 3 heterocycles. The second-order valence-electron chi connectivity index (χ2n) is 6.98. The fraction of sp³-hybridized carbons (Fsp3) is 0.136. The summed E-state index contributed by atoms with van der Waals surface area (Å²) in [7, 11) is 0.